The first-order valence-corrected chi connectivity index (χ1v) is 20.8. The summed E-state index contributed by atoms with van der Waals surface area (Å²) in [4.78, 5) is 55.2. The van der Waals surface area contributed by atoms with E-state index in [0.717, 1.165) is 66.3 Å². The molecule has 1 heterocycles. The third-order valence-electron chi connectivity index (χ3n) is 11.5. The van der Waals surface area contributed by atoms with Gasteiger partial charge >= 0.3 is 6.09 Å². The van der Waals surface area contributed by atoms with Gasteiger partial charge in [0.2, 0.25) is 17.6 Å². The van der Waals surface area contributed by atoms with Gasteiger partial charge < -0.3 is 30.9 Å². The molecular formula is C45H59N9O5. The summed E-state index contributed by atoms with van der Waals surface area (Å²) in [6.07, 6.45) is 6.85. The number of aryl methyl sites for hydroxylation is 1. The molecule has 6 rings (SSSR count). The second kappa shape index (κ2) is 19.4. The fraction of sp³-hybridized carbons (Fsp3) is 0.489. The van der Waals surface area contributed by atoms with E-state index in [1.165, 1.54) is 0 Å². The number of ether oxygens (including phenoxy) is 1. The molecule has 0 aliphatic heterocycles. The van der Waals surface area contributed by atoms with E-state index in [0.29, 0.717) is 42.5 Å². The van der Waals surface area contributed by atoms with Gasteiger partial charge in [-0.25, -0.2) is 4.79 Å². The van der Waals surface area contributed by atoms with Crippen molar-refractivity contribution in [3.05, 3.63) is 83.4 Å². The van der Waals surface area contributed by atoms with Crippen LogP contribution in [0.4, 0.5) is 10.5 Å². The van der Waals surface area contributed by atoms with Crippen molar-refractivity contribution in [2.24, 2.45) is 11.8 Å². The lowest BCUT2D eigenvalue weighted by Crippen LogP contribution is -2.48. The van der Waals surface area contributed by atoms with Crippen molar-refractivity contribution in [2.75, 3.05) is 26.0 Å². The number of hydrogen-bond donors (Lipinski definition) is 5. The van der Waals surface area contributed by atoms with E-state index in [1.54, 1.807) is 24.3 Å². The number of anilines is 1. The van der Waals surface area contributed by atoms with Gasteiger partial charge in [0, 0.05) is 47.8 Å². The molecule has 5 N–H and O–H groups in total. The number of amides is 4. The smallest absolute Gasteiger partial charge is 0.407 e. The summed E-state index contributed by atoms with van der Waals surface area (Å²) in [6, 6.07) is 20.8. The van der Waals surface area contributed by atoms with Crippen molar-refractivity contribution < 1.29 is 23.9 Å². The Labute approximate surface area is 347 Å². The average molecular weight is 806 g/mol. The predicted molar refractivity (Wildman–Crippen MR) is 227 cm³/mol. The lowest BCUT2D eigenvalue weighted by molar-refractivity contribution is -0.130. The average Bonchev–Trinajstić information content (AvgIpc) is 3.76. The molecule has 0 saturated heterocycles. The highest BCUT2D eigenvalue weighted by molar-refractivity contribution is 5.98. The molecule has 3 aromatic carbocycles. The number of rotatable bonds is 13. The molecule has 2 fully saturated rings. The second-order valence-corrected chi connectivity index (χ2v) is 17.3. The number of nitrogens with one attached hydrogen (secondary N) is 5. The van der Waals surface area contributed by atoms with Crippen LogP contribution >= 0.6 is 0 Å². The monoisotopic (exact) mass is 805 g/mol. The standard InChI is InChI=1S/C45H59N9O5/c1-28-25-34(42(56)47-36-20-22-37(23-21-36)54(5)6)17-24-38(28)31-11-7-29(8-12-31)26-39(43(57)48-35-18-15-32(16-19-35)40-50-52-53-51-40)49-41(55)33-13-9-30(10-14-33)27-46-44(58)59-45(2,3)4/h7-8,11-12,15-19,24-25,30,33,36-37,39H,9-10,13-14,20-23,26-27H2,1-6H3,(H,46,58)(H,47,56)(H,48,57)(H,49,55)(H,50,51,52,53)/t30?,33?,36?,37?,39-/m0/s1. The van der Waals surface area contributed by atoms with E-state index in [9.17, 15) is 19.2 Å². The maximum atomic E-state index is 13.9. The lowest BCUT2D eigenvalue weighted by atomic mass is 9.81. The van der Waals surface area contributed by atoms with Gasteiger partial charge in [0.25, 0.3) is 5.91 Å². The van der Waals surface area contributed by atoms with Crippen LogP contribution < -0.4 is 21.3 Å². The molecule has 4 aromatic rings. The summed E-state index contributed by atoms with van der Waals surface area (Å²) in [5.74, 6) is -0.0906. The molecule has 0 bridgehead atoms. The summed E-state index contributed by atoms with van der Waals surface area (Å²) in [5.41, 5.74) is 5.28. The Balaban J connectivity index is 1.09. The van der Waals surface area contributed by atoms with Crippen LogP contribution in [0.25, 0.3) is 22.5 Å². The number of benzene rings is 3. The number of nitrogens with zero attached hydrogens (tertiary/aromatic N) is 4. The van der Waals surface area contributed by atoms with Crippen LogP contribution in [-0.4, -0.2) is 93.7 Å². The van der Waals surface area contributed by atoms with Gasteiger partial charge in [-0.3, -0.25) is 14.4 Å². The Morgan fingerprint density at radius 3 is 2.15 bits per heavy atom. The van der Waals surface area contributed by atoms with Gasteiger partial charge in [0.05, 0.1) is 0 Å². The molecule has 0 spiro atoms. The first kappa shape index (κ1) is 43.0. The zero-order chi connectivity index (χ0) is 42.1. The van der Waals surface area contributed by atoms with Crippen LogP contribution in [0, 0.1) is 18.8 Å². The molecule has 14 heteroatoms. The molecular weight excluding hydrogens is 747 g/mol. The van der Waals surface area contributed by atoms with E-state index in [4.69, 9.17) is 4.74 Å². The number of hydrogen-bond acceptors (Lipinski definition) is 9. The fourth-order valence-electron chi connectivity index (χ4n) is 8.08. The quantitative estimate of drug-likeness (QED) is 0.102. The molecule has 314 valence electrons. The highest BCUT2D eigenvalue weighted by atomic mass is 16.6. The van der Waals surface area contributed by atoms with Crippen LogP contribution in [-0.2, 0) is 20.7 Å². The molecule has 4 amide bonds. The van der Waals surface area contributed by atoms with Gasteiger partial charge in [0.1, 0.15) is 11.6 Å². The van der Waals surface area contributed by atoms with Crippen LogP contribution in [0.5, 0.6) is 0 Å². The van der Waals surface area contributed by atoms with Crippen molar-refractivity contribution >= 4 is 29.5 Å². The lowest BCUT2D eigenvalue weighted by Gasteiger charge is -2.33. The van der Waals surface area contributed by atoms with Crippen LogP contribution in [0.15, 0.2) is 66.7 Å². The van der Waals surface area contributed by atoms with Crippen molar-refractivity contribution in [1.29, 1.82) is 0 Å². The molecule has 2 aliphatic rings. The van der Waals surface area contributed by atoms with E-state index >= 15 is 0 Å². The summed E-state index contributed by atoms with van der Waals surface area (Å²) >= 11 is 0. The molecule has 0 unspecified atom stereocenters. The third kappa shape index (κ3) is 12.2. The van der Waals surface area contributed by atoms with Gasteiger partial charge in [-0.05, 0) is 163 Å². The zero-order valence-corrected chi connectivity index (χ0v) is 35.1. The zero-order valence-electron chi connectivity index (χ0n) is 35.1. The molecule has 59 heavy (non-hydrogen) atoms. The number of alkyl carbamates (subject to hydrolysis) is 1. The molecule has 14 nitrogen and oxygen atoms in total. The molecule has 0 radical (unpaired) electrons. The van der Waals surface area contributed by atoms with Crippen molar-refractivity contribution in [3.8, 4) is 22.5 Å². The number of aromatic nitrogens is 4. The number of tetrazole rings is 1. The number of carbonyl (C=O) groups excluding carboxylic acids is 4. The third-order valence-corrected chi connectivity index (χ3v) is 11.5. The first-order chi connectivity index (χ1) is 28.2. The summed E-state index contributed by atoms with van der Waals surface area (Å²) in [7, 11) is 4.23. The molecule has 1 aromatic heterocycles. The Bertz CT molecular complexity index is 2030. The van der Waals surface area contributed by atoms with Gasteiger partial charge in [-0.2, -0.15) is 5.21 Å². The minimum Gasteiger partial charge on any atom is -0.444 e. The van der Waals surface area contributed by atoms with E-state index in [-0.39, 0.29) is 42.0 Å². The minimum absolute atomic E-state index is 0.0409. The SMILES string of the molecule is Cc1cc(C(=O)NC2CCC(N(C)C)CC2)ccc1-c1ccc(C[C@H](NC(=O)C2CCC(CNC(=O)OC(C)(C)C)CC2)C(=O)Nc2ccc(-c3nn[nH]n3)cc2)cc1. The number of carbonyl (C=O) groups is 4. The van der Waals surface area contributed by atoms with Gasteiger partial charge in [0.15, 0.2) is 0 Å². The largest absolute Gasteiger partial charge is 0.444 e. The Morgan fingerprint density at radius 1 is 0.864 bits per heavy atom. The Hall–Kier alpha value is -5.63. The number of H-pyrrole nitrogens is 1. The molecule has 2 saturated carbocycles. The molecule has 1 atom stereocenters. The maximum absolute atomic E-state index is 13.9. The Kier molecular flexibility index (Phi) is 14.1. The van der Waals surface area contributed by atoms with Crippen molar-refractivity contribution in [2.45, 2.75) is 109 Å². The van der Waals surface area contributed by atoms with E-state index in [1.807, 2.05) is 70.2 Å². The maximum Gasteiger partial charge on any atom is 0.407 e. The van der Waals surface area contributed by atoms with Crippen molar-refractivity contribution in [3.63, 3.8) is 0 Å². The highest BCUT2D eigenvalue weighted by Crippen LogP contribution is 2.30. The van der Waals surface area contributed by atoms with Crippen molar-refractivity contribution in [1.82, 2.24) is 41.5 Å². The minimum atomic E-state index is -0.839. The second-order valence-electron chi connectivity index (χ2n) is 17.3. The first-order valence-electron chi connectivity index (χ1n) is 20.8. The summed E-state index contributed by atoms with van der Waals surface area (Å²) in [5, 5.41) is 26.2. The number of aromatic amines is 1. The normalized spacial score (nSPS) is 20.0. The highest BCUT2D eigenvalue weighted by Gasteiger charge is 2.31. The van der Waals surface area contributed by atoms with Crippen LogP contribution in [0.1, 0.15) is 93.6 Å². The summed E-state index contributed by atoms with van der Waals surface area (Å²) < 4.78 is 5.37. The van der Waals surface area contributed by atoms with E-state index in [2.05, 4.69) is 60.9 Å². The summed E-state index contributed by atoms with van der Waals surface area (Å²) in [6.45, 7) is 7.99. The van der Waals surface area contributed by atoms with Crippen LogP contribution in [0.3, 0.4) is 0 Å². The fourth-order valence-corrected chi connectivity index (χ4v) is 8.08. The van der Waals surface area contributed by atoms with Gasteiger partial charge in [-0.1, -0.05) is 30.3 Å². The Morgan fingerprint density at radius 2 is 1.54 bits per heavy atom. The molecule has 2 aliphatic carbocycles. The van der Waals surface area contributed by atoms with Crippen LogP contribution in [0.2, 0.25) is 0 Å². The van der Waals surface area contributed by atoms with E-state index < -0.39 is 17.7 Å². The van der Waals surface area contributed by atoms with Gasteiger partial charge in [-0.15, -0.1) is 10.2 Å². The predicted octanol–water partition coefficient (Wildman–Crippen LogP) is 6.44. The topological polar surface area (TPSA) is 183 Å².